The molecule has 1 atom stereocenters. The SMILES string of the molecule is O=C(c1ccc2ccccc2c1)N1CCC(CO)C1. The number of hydrogen-bond donors (Lipinski definition) is 1. The van der Waals surface area contributed by atoms with Gasteiger partial charge in [0.05, 0.1) is 0 Å². The van der Waals surface area contributed by atoms with Gasteiger partial charge >= 0.3 is 0 Å². The monoisotopic (exact) mass is 255 g/mol. The molecule has 3 rings (SSSR count). The summed E-state index contributed by atoms with van der Waals surface area (Å²) >= 11 is 0. The molecule has 0 spiro atoms. The molecule has 0 bridgehead atoms. The van der Waals surface area contributed by atoms with E-state index < -0.39 is 0 Å². The first kappa shape index (κ1) is 12.2. The van der Waals surface area contributed by atoms with Gasteiger partial charge in [0.1, 0.15) is 0 Å². The molecule has 0 radical (unpaired) electrons. The maximum atomic E-state index is 12.4. The molecule has 0 saturated carbocycles. The highest BCUT2D eigenvalue weighted by Crippen LogP contribution is 2.21. The fourth-order valence-electron chi connectivity index (χ4n) is 2.67. The van der Waals surface area contributed by atoms with Gasteiger partial charge in [0.2, 0.25) is 0 Å². The number of amides is 1. The Labute approximate surface area is 112 Å². The minimum Gasteiger partial charge on any atom is -0.396 e. The smallest absolute Gasteiger partial charge is 0.253 e. The summed E-state index contributed by atoms with van der Waals surface area (Å²) in [7, 11) is 0. The third-order valence-corrected chi connectivity index (χ3v) is 3.83. The first-order chi connectivity index (χ1) is 9.28. The van der Waals surface area contributed by atoms with Crippen molar-refractivity contribution in [3.05, 3.63) is 48.0 Å². The van der Waals surface area contributed by atoms with Crippen LogP contribution in [0.5, 0.6) is 0 Å². The number of carbonyl (C=O) groups is 1. The van der Waals surface area contributed by atoms with Gasteiger partial charge in [-0.1, -0.05) is 30.3 Å². The maximum Gasteiger partial charge on any atom is 0.253 e. The molecule has 1 heterocycles. The molecule has 1 saturated heterocycles. The minimum atomic E-state index is 0.0710. The number of carbonyl (C=O) groups excluding carboxylic acids is 1. The molecule has 19 heavy (non-hydrogen) atoms. The molecule has 3 nitrogen and oxygen atoms in total. The Hall–Kier alpha value is -1.87. The van der Waals surface area contributed by atoms with Crippen molar-refractivity contribution in [2.75, 3.05) is 19.7 Å². The average molecular weight is 255 g/mol. The summed E-state index contributed by atoms with van der Waals surface area (Å²) in [5.74, 6) is 0.311. The molecule has 1 amide bonds. The molecule has 2 aromatic rings. The fourth-order valence-corrected chi connectivity index (χ4v) is 2.67. The minimum absolute atomic E-state index is 0.0710. The van der Waals surface area contributed by atoms with E-state index in [4.69, 9.17) is 5.11 Å². The molecule has 1 fully saturated rings. The number of likely N-dealkylation sites (tertiary alicyclic amines) is 1. The number of aliphatic hydroxyl groups excluding tert-OH is 1. The van der Waals surface area contributed by atoms with Crippen LogP contribution in [0.2, 0.25) is 0 Å². The van der Waals surface area contributed by atoms with Crippen molar-refractivity contribution < 1.29 is 9.90 Å². The van der Waals surface area contributed by atoms with E-state index in [1.165, 1.54) is 0 Å². The normalized spacial score (nSPS) is 19.0. The summed E-state index contributed by atoms with van der Waals surface area (Å²) in [6, 6.07) is 13.9. The van der Waals surface area contributed by atoms with Crippen molar-refractivity contribution in [2.24, 2.45) is 5.92 Å². The Morgan fingerprint density at radius 2 is 2.00 bits per heavy atom. The highest BCUT2D eigenvalue weighted by atomic mass is 16.3. The first-order valence-electron chi connectivity index (χ1n) is 6.67. The Bertz CT molecular complexity index is 608. The number of fused-ring (bicyclic) bond motifs is 1. The molecule has 1 aliphatic heterocycles. The van der Waals surface area contributed by atoms with Gasteiger partial charge in [-0.2, -0.15) is 0 Å². The van der Waals surface area contributed by atoms with Crippen LogP contribution in [0.1, 0.15) is 16.8 Å². The summed E-state index contributed by atoms with van der Waals surface area (Å²) < 4.78 is 0. The van der Waals surface area contributed by atoms with Crippen molar-refractivity contribution >= 4 is 16.7 Å². The van der Waals surface area contributed by atoms with Crippen LogP contribution in [0.25, 0.3) is 10.8 Å². The highest BCUT2D eigenvalue weighted by Gasteiger charge is 2.26. The Balaban J connectivity index is 1.85. The molecule has 1 N–H and O–H groups in total. The topological polar surface area (TPSA) is 40.5 Å². The lowest BCUT2D eigenvalue weighted by Crippen LogP contribution is -2.29. The van der Waals surface area contributed by atoms with E-state index in [1.54, 1.807) is 0 Å². The average Bonchev–Trinajstić information content (AvgIpc) is 2.95. The quantitative estimate of drug-likeness (QED) is 0.894. The van der Waals surface area contributed by atoms with E-state index in [2.05, 4.69) is 0 Å². The lowest BCUT2D eigenvalue weighted by molar-refractivity contribution is 0.0782. The first-order valence-corrected chi connectivity index (χ1v) is 6.67. The third-order valence-electron chi connectivity index (χ3n) is 3.83. The number of hydrogen-bond acceptors (Lipinski definition) is 2. The molecule has 1 unspecified atom stereocenters. The van der Waals surface area contributed by atoms with E-state index in [0.29, 0.717) is 6.54 Å². The van der Waals surface area contributed by atoms with E-state index in [0.717, 1.165) is 29.3 Å². The largest absolute Gasteiger partial charge is 0.396 e. The molecule has 0 aliphatic carbocycles. The van der Waals surface area contributed by atoms with E-state index in [-0.39, 0.29) is 18.4 Å². The zero-order valence-corrected chi connectivity index (χ0v) is 10.7. The van der Waals surface area contributed by atoms with Crippen LogP contribution in [-0.2, 0) is 0 Å². The Morgan fingerprint density at radius 3 is 2.74 bits per heavy atom. The van der Waals surface area contributed by atoms with Gasteiger partial charge in [-0.3, -0.25) is 4.79 Å². The van der Waals surface area contributed by atoms with Crippen LogP contribution in [0, 0.1) is 5.92 Å². The Kier molecular flexibility index (Phi) is 3.22. The van der Waals surface area contributed by atoms with Gasteiger partial charge in [-0.05, 0) is 29.3 Å². The van der Waals surface area contributed by atoms with Gasteiger partial charge in [0, 0.05) is 31.2 Å². The molecule has 0 aromatic heterocycles. The van der Waals surface area contributed by atoms with Gasteiger partial charge in [0.25, 0.3) is 5.91 Å². The van der Waals surface area contributed by atoms with E-state index in [9.17, 15) is 4.79 Å². The predicted octanol–water partition coefficient (Wildman–Crippen LogP) is 2.29. The Morgan fingerprint density at radius 1 is 1.21 bits per heavy atom. The van der Waals surface area contributed by atoms with Gasteiger partial charge < -0.3 is 10.0 Å². The van der Waals surface area contributed by atoms with E-state index >= 15 is 0 Å². The zero-order chi connectivity index (χ0) is 13.2. The third kappa shape index (κ3) is 2.34. The van der Waals surface area contributed by atoms with Crippen molar-refractivity contribution in [1.82, 2.24) is 4.90 Å². The van der Waals surface area contributed by atoms with Crippen molar-refractivity contribution in [1.29, 1.82) is 0 Å². The number of nitrogens with zero attached hydrogens (tertiary/aromatic N) is 1. The summed E-state index contributed by atoms with van der Waals surface area (Å²) in [5.41, 5.74) is 0.734. The number of benzene rings is 2. The fraction of sp³-hybridized carbons (Fsp3) is 0.312. The molecule has 98 valence electrons. The highest BCUT2D eigenvalue weighted by molar-refractivity contribution is 5.98. The summed E-state index contributed by atoms with van der Waals surface area (Å²) in [6.45, 7) is 1.58. The second-order valence-electron chi connectivity index (χ2n) is 5.15. The zero-order valence-electron chi connectivity index (χ0n) is 10.7. The van der Waals surface area contributed by atoms with Crippen LogP contribution < -0.4 is 0 Å². The lowest BCUT2D eigenvalue weighted by Gasteiger charge is -2.16. The lowest BCUT2D eigenvalue weighted by atomic mass is 10.1. The van der Waals surface area contributed by atoms with E-state index in [1.807, 2.05) is 47.4 Å². The second-order valence-corrected chi connectivity index (χ2v) is 5.15. The summed E-state index contributed by atoms with van der Waals surface area (Å²) in [5, 5.41) is 11.4. The maximum absolute atomic E-state index is 12.4. The number of aliphatic hydroxyl groups is 1. The van der Waals surface area contributed by atoms with Gasteiger partial charge in [-0.25, -0.2) is 0 Å². The summed E-state index contributed by atoms with van der Waals surface area (Å²) in [4.78, 5) is 14.2. The molecule has 2 aromatic carbocycles. The summed E-state index contributed by atoms with van der Waals surface area (Å²) in [6.07, 6.45) is 0.899. The van der Waals surface area contributed by atoms with Gasteiger partial charge in [-0.15, -0.1) is 0 Å². The molecule has 1 aliphatic rings. The van der Waals surface area contributed by atoms with Crippen molar-refractivity contribution in [2.45, 2.75) is 6.42 Å². The second kappa shape index (κ2) is 5.02. The standard InChI is InChI=1S/C16H17NO2/c18-11-12-7-8-17(10-12)16(19)15-6-5-13-3-1-2-4-14(13)9-15/h1-6,9,12,18H,7-8,10-11H2. The van der Waals surface area contributed by atoms with Crippen molar-refractivity contribution in [3.8, 4) is 0 Å². The van der Waals surface area contributed by atoms with Crippen LogP contribution in [0.3, 0.4) is 0 Å². The molecular weight excluding hydrogens is 238 g/mol. The molecule has 3 heteroatoms. The predicted molar refractivity (Wildman–Crippen MR) is 75.0 cm³/mol. The van der Waals surface area contributed by atoms with Crippen LogP contribution in [0.15, 0.2) is 42.5 Å². The van der Waals surface area contributed by atoms with Crippen LogP contribution >= 0.6 is 0 Å². The van der Waals surface area contributed by atoms with Crippen LogP contribution in [-0.4, -0.2) is 35.6 Å². The molecular formula is C16H17NO2. The number of rotatable bonds is 2. The van der Waals surface area contributed by atoms with Crippen molar-refractivity contribution in [3.63, 3.8) is 0 Å². The van der Waals surface area contributed by atoms with Crippen LogP contribution in [0.4, 0.5) is 0 Å². The van der Waals surface area contributed by atoms with Gasteiger partial charge in [0.15, 0.2) is 0 Å².